The van der Waals surface area contributed by atoms with E-state index < -0.39 is 0 Å². The molecule has 5 atom stereocenters. The standard InChI is InChI=1S/C11H20/c1-6-7(2)10-9(6)8(3)11(10,4)5/h6-10H,1-5H3/t6-,7+,8-,9+,10+/m0/s1. The van der Waals surface area contributed by atoms with Gasteiger partial charge in [0, 0.05) is 0 Å². The maximum Gasteiger partial charge on any atom is -0.0292 e. The van der Waals surface area contributed by atoms with Crippen LogP contribution in [0.4, 0.5) is 0 Å². The van der Waals surface area contributed by atoms with E-state index in [1.54, 1.807) is 0 Å². The Kier molecular flexibility index (Phi) is 1.28. The van der Waals surface area contributed by atoms with Gasteiger partial charge in [-0.1, -0.05) is 34.6 Å². The van der Waals surface area contributed by atoms with Gasteiger partial charge < -0.3 is 0 Å². The molecule has 64 valence electrons. The van der Waals surface area contributed by atoms with Crippen LogP contribution < -0.4 is 0 Å². The molecular formula is C11H20. The van der Waals surface area contributed by atoms with E-state index in [1.165, 1.54) is 0 Å². The summed E-state index contributed by atoms with van der Waals surface area (Å²) in [7, 11) is 0. The van der Waals surface area contributed by atoms with Crippen molar-refractivity contribution in [1.29, 1.82) is 0 Å². The molecule has 0 N–H and O–H groups in total. The molecular weight excluding hydrogens is 132 g/mol. The molecule has 0 aromatic rings. The molecule has 2 fully saturated rings. The minimum atomic E-state index is 0.649. The number of rotatable bonds is 0. The molecule has 0 saturated heterocycles. The van der Waals surface area contributed by atoms with Crippen LogP contribution >= 0.6 is 0 Å². The van der Waals surface area contributed by atoms with Gasteiger partial charge in [-0.05, 0) is 35.0 Å². The van der Waals surface area contributed by atoms with E-state index in [0.717, 1.165) is 29.6 Å². The molecule has 2 rings (SSSR count). The molecule has 0 bridgehead atoms. The van der Waals surface area contributed by atoms with Crippen molar-refractivity contribution in [3.63, 3.8) is 0 Å². The first-order valence-electron chi connectivity index (χ1n) is 4.98. The Morgan fingerprint density at radius 3 is 1.91 bits per heavy atom. The van der Waals surface area contributed by atoms with Gasteiger partial charge in [0.2, 0.25) is 0 Å². The average molecular weight is 152 g/mol. The van der Waals surface area contributed by atoms with Gasteiger partial charge >= 0.3 is 0 Å². The van der Waals surface area contributed by atoms with Crippen LogP contribution in [-0.4, -0.2) is 0 Å². The topological polar surface area (TPSA) is 0 Å². The van der Waals surface area contributed by atoms with Crippen LogP contribution in [-0.2, 0) is 0 Å². The zero-order valence-corrected chi connectivity index (χ0v) is 8.39. The first kappa shape index (κ1) is 7.64. The molecule has 0 aliphatic heterocycles. The largest absolute Gasteiger partial charge is 0.0620 e. The summed E-state index contributed by atoms with van der Waals surface area (Å²) in [6.45, 7) is 12.2. The number of hydrogen-bond acceptors (Lipinski definition) is 0. The average Bonchev–Trinajstić information content (AvgIpc) is 1.95. The molecule has 2 saturated carbocycles. The van der Waals surface area contributed by atoms with Crippen LogP contribution in [0.1, 0.15) is 34.6 Å². The summed E-state index contributed by atoms with van der Waals surface area (Å²) in [5.41, 5.74) is 0.649. The molecule has 0 spiro atoms. The van der Waals surface area contributed by atoms with Crippen molar-refractivity contribution in [1.82, 2.24) is 0 Å². The van der Waals surface area contributed by atoms with Crippen LogP contribution in [0, 0.1) is 35.0 Å². The predicted molar refractivity (Wildman–Crippen MR) is 48.3 cm³/mol. The summed E-state index contributed by atoms with van der Waals surface area (Å²) >= 11 is 0. The lowest BCUT2D eigenvalue weighted by Gasteiger charge is -2.71. The van der Waals surface area contributed by atoms with Crippen LogP contribution in [0.15, 0.2) is 0 Å². The first-order valence-corrected chi connectivity index (χ1v) is 4.98. The smallest absolute Gasteiger partial charge is 0.0292 e. The van der Waals surface area contributed by atoms with Crippen LogP contribution in [0.25, 0.3) is 0 Å². The fourth-order valence-corrected chi connectivity index (χ4v) is 3.83. The van der Waals surface area contributed by atoms with Crippen LogP contribution in [0.3, 0.4) is 0 Å². The second kappa shape index (κ2) is 1.84. The maximum absolute atomic E-state index is 2.45. The molecule has 0 heteroatoms. The van der Waals surface area contributed by atoms with Gasteiger partial charge in [-0.25, -0.2) is 0 Å². The fraction of sp³-hybridized carbons (Fsp3) is 1.00. The van der Waals surface area contributed by atoms with Gasteiger partial charge in [-0.3, -0.25) is 0 Å². The zero-order valence-electron chi connectivity index (χ0n) is 8.39. The Morgan fingerprint density at radius 1 is 0.909 bits per heavy atom. The van der Waals surface area contributed by atoms with E-state index in [4.69, 9.17) is 0 Å². The number of hydrogen-bond donors (Lipinski definition) is 0. The van der Waals surface area contributed by atoms with Gasteiger partial charge in [0.1, 0.15) is 0 Å². The van der Waals surface area contributed by atoms with Crippen molar-refractivity contribution < 1.29 is 0 Å². The maximum atomic E-state index is 2.45. The van der Waals surface area contributed by atoms with Crippen molar-refractivity contribution in [3.8, 4) is 0 Å². The van der Waals surface area contributed by atoms with Gasteiger partial charge in [-0.2, -0.15) is 0 Å². The van der Waals surface area contributed by atoms with E-state index in [0.29, 0.717) is 5.41 Å². The highest BCUT2D eigenvalue weighted by atomic mass is 14.7. The Bertz CT molecular complexity index is 180. The third kappa shape index (κ3) is 0.625. The molecule has 0 nitrogen and oxygen atoms in total. The lowest BCUT2D eigenvalue weighted by molar-refractivity contribution is -0.234. The lowest BCUT2D eigenvalue weighted by Crippen LogP contribution is -2.66. The van der Waals surface area contributed by atoms with Gasteiger partial charge in [0.25, 0.3) is 0 Å². The minimum Gasteiger partial charge on any atom is -0.0620 e. The summed E-state index contributed by atoms with van der Waals surface area (Å²) in [4.78, 5) is 0. The van der Waals surface area contributed by atoms with Crippen molar-refractivity contribution >= 4 is 0 Å². The van der Waals surface area contributed by atoms with Crippen molar-refractivity contribution in [3.05, 3.63) is 0 Å². The molecule has 2 aliphatic rings. The second-order valence-electron chi connectivity index (χ2n) is 5.43. The predicted octanol–water partition coefficient (Wildman–Crippen LogP) is 3.18. The summed E-state index contributed by atoms with van der Waals surface area (Å²) in [5, 5.41) is 0. The van der Waals surface area contributed by atoms with E-state index in [9.17, 15) is 0 Å². The molecule has 0 unspecified atom stereocenters. The summed E-state index contributed by atoms with van der Waals surface area (Å²) in [6, 6.07) is 0. The minimum absolute atomic E-state index is 0.649. The molecule has 0 amide bonds. The van der Waals surface area contributed by atoms with Gasteiger partial charge in [0.15, 0.2) is 0 Å². The molecule has 0 aromatic heterocycles. The second-order valence-corrected chi connectivity index (χ2v) is 5.43. The summed E-state index contributed by atoms with van der Waals surface area (Å²) < 4.78 is 0. The van der Waals surface area contributed by atoms with Gasteiger partial charge in [-0.15, -0.1) is 0 Å². The molecule has 2 aliphatic carbocycles. The van der Waals surface area contributed by atoms with E-state index in [2.05, 4.69) is 34.6 Å². The normalized spacial score (nSPS) is 59.2. The monoisotopic (exact) mass is 152 g/mol. The highest BCUT2D eigenvalue weighted by Crippen LogP contribution is 2.70. The third-order valence-electron chi connectivity index (χ3n) is 5.03. The fourth-order valence-electron chi connectivity index (χ4n) is 3.83. The van der Waals surface area contributed by atoms with Crippen molar-refractivity contribution in [2.45, 2.75) is 34.6 Å². The molecule has 0 heterocycles. The Hall–Kier alpha value is 0. The van der Waals surface area contributed by atoms with Crippen molar-refractivity contribution in [2.24, 2.45) is 35.0 Å². The zero-order chi connectivity index (χ0) is 8.39. The quantitative estimate of drug-likeness (QED) is 0.500. The molecule has 0 aromatic carbocycles. The van der Waals surface area contributed by atoms with Crippen LogP contribution in [0.5, 0.6) is 0 Å². The SMILES string of the molecule is C[C@@H]1[C@H](C)[C@H]2[C@@H]1C(C)(C)[C@H]2C. The van der Waals surface area contributed by atoms with Crippen molar-refractivity contribution in [2.75, 3.05) is 0 Å². The summed E-state index contributed by atoms with van der Waals surface area (Å²) in [5.74, 6) is 5.08. The Labute approximate surface area is 70.4 Å². The highest BCUT2D eigenvalue weighted by Gasteiger charge is 2.65. The van der Waals surface area contributed by atoms with E-state index in [1.807, 2.05) is 0 Å². The molecule has 11 heavy (non-hydrogen) atoms. The van der Waals surface area contributed by atoms with Gasteiger partial charge in [0.05, 0.1) is 0 Å². The number of fused-ring (bicyclic) bond motifs is 1. The van der Waals surface area contributed by atoms with E-state index in [-0.39, 0.29) is 0 Å². The Balaban J connectivity index is 2.15. The molecule has 0 radical (unpaired) electrons. The first-order chi connectivity index (χ1) is 4.98. The third-order valence-corrected chi connectivity index (χ3v) is 5.03. The van der Waals surface area contributed by atoms with E-state index >= 15 is 0 Å². The Morgan fingerprint density at radius 2 is 1.45 bits per heavy atom. The lowest BCUT2D eigenvalue weighted by atomic mass is 9.34. The highest BCUT2D eigenvalue weighted by molar-refractivity contribution is 5.12. The summed E-state index contributed by atoms with van der Waals surface area (Å²) in [6.07, 6.45) is 0. The van der Waals surface area contributed by atoms with Crippen LogP contribution in [0.2, 0.25) is 0 Å².